The molecule has 6 nitrogen and oxygen atoms in total. The molecule has 0 heterocycles. The van der Waals surface area contributed by atoms with Crippen LogP contribution in [-0.4, -0.2) is 28.8 Å². The molecule has 0 aliphatic carbocycles. The molecule has 1 aromatic rings. The highest BCUT2D eigenvalue weighted by molar-refractivity contribution is 5.97. The number of nitrogens with two attached hydrogens (primary N) is 1. The summed E-state index contributed by atoms with van der Waals surface area (Å²) in [5.74, 6) is 0.0352. The minimum Gasteiger partial charge on any atom is -0.465 e. The van der Waals surface area contributed by atoms with Gasteiger partial charge in [-0.3, -0.25) is 0 Å². The third-order valence-corrected chi connectivity index (χ3v) is 2.02. The van der Waals surface area contributed by atoms with E-state index >= 15 is 0 Å². The van der Waals surface area contributed by atoms with Gasteiger partial charge in [-0.15, -0.1) is 0 Å². The molecule has 1 amide bonds. The van der Waals surface area contributed by atoms with E-state index in [2.05, 4.69) is 10.5 Å². The van der Waals surface area contributed by atoms with Crippen molar-refractivity contribution in [3.8, 4) is 0 Å². The Bertz CT molecular complexity index is 404. The van der Waals surface area contributed by atoms with Crippen molar-refractivity contribution < 1.29 is 15.1 Å². The van der Waals surface area contributed by atoms with Gasteiger partial charge in [0.2, 0.25) is 0 Å². The van der Waals surface area contributed by atoms with E-state index < -0.39 is 6.09 Å². The van der Waals surface area contributed by atoms with Gasteiger partial charge in [0.15, 0.2) is 5.84 Å². The van der Waals surface area contributed by atoms with Gasteiger partial charge in [0.25, 0.3) is 0 Å². The first kappa shape index (κ1) is 11.8. The van der Waals surface area contributed by atoms with E-state index in [0.717, 1.165) is 5.56 Å². The molecular weight excluding hydrogens is 210 g/mol. The molecule has 5 N–H and O–H groups in total. The minimum atomic E-state index is -1.05. The molecule has 0 unspecified atom stereocenters. The number of amides is 1. The predicted octanol–water partition coefficient (Wildman–Crippen LogP) is 0.591. The minimum absolute atomic E-state index is 0.0352. The van der Waals surface area contributed by atoms with E-state index in [1.54, 1.807) is 18.2 Å². The lowest BCUT2D eigenvalue weighted by Gasteiger charge is -2.04. The fraction of sp³-hybridized carbons (Fsp3) is 0.200. The molecular formula is C10H13N3O3. The van der Waals surface area contributed by atoms with Crippen LogP contribution in [0.3, 0.4) is 0 Å². The van der Waals surface area contributed by atoms with Crippen molar-refractivity contribution in [1.82, 2.24) is 5.32 Å². The van der Waals surface area contributed by atoms with Crippen molar-refractivity contribution >= 4 is 11.9 Å². The molecule has 0 aromatic heterocycles. The Morgan fingerprint density at radius 2 is 2.25 bits per heavy atom. The maximum atomic E-state index is 10.2. The fourth-order valence-corrected chi connectivity index (χ4v) is 1.26. The first-order valence-corrected chi connectivity index (χ1v) is 4.67. The van der Waals surface area contributed by atoms with Crippen LogP contribution in [0.25, 0.3) is 0 Å². The largest absolute Gasteiger partial charge is 0.465 e. The molecule has 1 aromatic carbocycles. The van der Waals surface area contributed by atoms with Crippen molar-refractivity contribution in [3.63, 3.8) is 0 Å². The second-order valence-corrected chi connectivity index (χ2v) is 3.17. The van der Waals surface area contributed by atoms with Crippen LogP contribution in [-0.2, 0) is 6.42 Å². The lowest BCUT2D eigenvalue weighted by molar-refractivity contribution is 0.194. The first-order chi connectivity index (χ1) is 7.63. The van der Waals surface area contributed by atoms with E-state index in [-0.39, 0.29) is 5.84 Å². The van der Waals surface area contributed by atoms with Gasteiger partial charge in [0.05, 0.1) is 0 Å². The maximum absolute atomic E-state index is 10.2. The Morgan fingerprint density at radius 3 is 2.88 bits per heavy atom. The van der Waals surface area contributed by atoms with Crippen LogP contribution < -0.4 is 11.1 Å². The summed E-state index contributed by atoms with van der Waals surface area (Å²) in [6.07, 6.45) is -0.494. The molecule has 0 saturated heterocycles. The lowest BCUT2D eigenvalue weighted by atomic mass is 10.1. The maximum Gasteiger partial charge on any atom is 0.404 e. The van der Waals surface area contributed by atoms with Crippen LogP contribution in [0.15, 0.2) is 29.4 Å². The molecule has 0 spiro atoms. The summed E-state index contributed by atoms with van der Waals surface area (Å²) in [6, 6.07) is 7.07. The summed E-state index contributed by atoms with van der Waals surface area (Å²) in [5, 5.41) is 22.0. The summed E-state index contributed by atoms with van der Waals surface area (Å²) in [4.78, 5) is 10.2. The van der Waals surface area contributed by atoms with Gasteiger partial charge in [-0.25, -0.2) is 4.79 Å². The summed E-state index contributed by atoms with van der Waals surface area (Å²) >= 11 is 0. The van der Waals surface area contributed by atoms with Crippen molar-refractivity contribution in [1.29, 1.82) is 0 Å². The van der Waals surface area contributed by atoms with Crippen LogP contribution in [0.5, 0.6) is 0 Å². The van der Waals surface area contributed by atoms with Gasteiger partial charge in [0, 0.05) is 12.1 Å². The van der Waals surface area contributed by atoms with Crippen molar-refractivity contribution in [2.45, 2.75) is 6.42 Å². The van der Waals surface area contributed by atoms with Gasteiger partial charge >= 0.3 is 6.09 Å². The van der Waals surface area contributed by atoms with Crippen LogP contribution in [0, 0.1) is 0 Å². The average Bonchev–Trinajstić information content (AvgIpc) is 2.28. The molecule has 0 fully saturated rings. The number of oxime groups is 1. The van der Waals surface area contributed by atoms with Crippen LogP contribution in [0.2, 0.25) is 0 Å². The van der Waals surface area contributed by atoms with Crippen molar-refractivity contribution in [2.75, 3.05) is 6.54 Å². The van der Waals surface area contributed by atoms with E-state index in [1.165, 1.54) is 0 Å². The van der Waals surface area contributed by atoms with Gasteiger partial charge in [-0.1, -0.05) is 23.4 Å². The summed E-state index contributed by atoms with van der Waals surface area (Å²) in [6.45, 7) is 0.328. The number of nitrogens with one attached hydrogen (secondary N) is 1. The van der Waals surface area contributed by atoms with E-state index in [0.29, 0.717) is 18.5 Å². The van der Waals surface area contributed by atoms with Crippen molar-refractivity contribution in [3.05, 3.63) is 35.4 Å². The Hall–Kier alpha value is -2.24. The summed E-state index contributed by atoms with van der Waals surface area (Å²) in [7, 11) is 0. The quantitative estimate of drug-likeness (QED) is 0.259. The summed E-state index contributed by atoms with van der Waals surface area (Å²) in [5.41, 5.74) is 6.95. The lowest BCUT2D eigenvalue weighted by Crippen LogP contribution is -2.23. The van der Waals surface area contributed by atoms with Crippen LogP contribution >= 0.6 is 0 Å². The number of hydrogen-bond donors (Lipinski definition) is 4. The number of rotatable bonds is 4. The Kier molecular flexibility index (Phi) is 4.14. The molecule has 0 radical (unpaired) electrons. The van der Waals surface area contributed by atoms with Gasteiger partial charge < -0.3 is 21.4 Å². The van der Waals surface area contributed by atoms with Gasteiger partial charge in [-0.05, 0) is 18.1 Å². The monoisotopic (exact) mass is 223 g/mol. The molecule has 86 valence electrons. The highest BCUT2D eigenvalue weighted by Gasteiger charge is 2.01. The van der Waals surface area contributed by atoms with E-state index in [1.807, 2.05) is 6.07 Å². The molecule has 16 heavy (non-hydrogen) atoms. The van der Waals surface area contributed by atoms with Crippen LogP contribution in [0.4, 0.5) is 4.79 Å². The second kappa shape index (κ2) is 5.59. The Labute approximate surface area is 92.4 Å². The second-order valence-electron chi connectivity index (χ2n) is 3.17. The highest BCUT2D eigenvalue weighted by Crippen LogP contribution is 2.05. The molecule has 0 bridgehead atoms. The van der Waals surface area contributed by atoms with Crippen molar-refractivity contribution in [2.24, 2.45) is 10.9 Å². The molecule has 0 aliphatic heterocycles. The Balaban J connectivity index is 2.64. The smallest absolute Gasteiger partial charge is 0.404 e. The Morgan fingerprint density at radius 1 is 1.50 bits per heavy atom. The SMILES string of the molecule is NC(=NO)c1cccc(CCNC(=O)O)c1. The number of amidine groups is 1. The summed E-state index contributed by atoms with van der Waals surface area (Å²) < 4.78 is 0. The third-order valence-electron chi connectivity index (χ3n) is 2.02. The molecule has 6 heteroatoms. The number of nitrogens with zero attached hydrogens (tertiary/aromatic N) is 1. The molecule has 0 saturated carbocycles. The first-order valence-electron chi connectivity index (χ1n) is 4.67. The zero-order chi connectivity index (χ0) is 12.0. The average molecular weight is 223 g/mol. The molecule has 0 aliphatic rings. The molecule has 0 atom stereocenters. The van der Waals surface area contributed by atoms with E-state index in [9.17, 15) is 4.79 Å². The third kappa shape index (κ3) is 3.49. The zero-order valence-corrected chi connectivity index (χ0v) is 8.55. The fourth-order valence-electron chi connectivity index (χ4n) is 1.26. The van der Waals surface area contributed by atoms with Crippen LogP contribution in [0.1, 0.15) is 11.1 Å². The number of carbonyl (C=O) groups is 1. The van der Waals surface area contributed by atoms with Gasteiger partial charge in [-0.2, -0.15) is 0 Å². The number of benzene rings is 1. The number of carboxylic acid groups (broad SMARTS) is 1. The predicted molar refractivity (Wildman–Crippen MR) is 58.7 cm³/mol. The standard InChI is InChI=1S/C10H13N3O3/c11-9(13-16)8-3-1-2-7(6-8)4-5-12-10(14)15/h1-3,6,12,16H,4-5H2,(H2,11,13)(H,14,15). The highest BCUT2D eigenvalue weighted by atomic mass is 16.4. The molecule has 1 rings (SSSR count). The number of hydrogen-bond acceptors (Lipinski definition) is 3. The normalized spacial score (nSPS) is 11.1. The van der Waals surface area contributed by atoms with Gasteiger partial charge in [0.1, 0.15) is 0 Å². The topological polar surface area (TPSA) is 108 Å². The van der Waals surface area contributed by atoms with E-state index in [4.69, 9.17) is 16.0 Å². The zero-order valence-electron chi connectivity index (χ0n) is 8.55.